The maximum Gasteiger partial charge on any atom is 0.310 e. The van der Waals surface area contributed by atoms with Crippen LogP contribution in [-0.2, 0) is 9.53 Å². The van der Waals surface area contributed by atoms with E-state index < -0.39 is 0 Å². The fourth-order valence-corrected chi connectivity index (χ4v) is 1.95. The number of methoxy groups -OCH3 is 1. The first-order valence-corrected chi connectivity index (χ1v) is 4.85. The van der Waals surface area contributed by atoms with Gasteiger partial charge >= 0.3 is 5.97 Å². The average Bonchev–Trinajstić information content (AvgIpc) is 2.27. The number of carbonyl (C=O) groups excluding carboxylic acids is 1. The van der Waals surface area contributed by atoms with E-state index in [1.807, 2.05) is 6.20 Å². The molecule has 2 rings (SSSR count). The quantitative estimate of drug-likeness (QED) is 0.625. The molecule has 0 saturated heterocycles. The number of nitrogens with one attached hydrogen (secondary N) is 1. The highest BCUT2D eigenvalue weighted by Gasteiger charge is 2.30. The van der Waals surface area contributed by atoms with E-state index in [9.17, 15) is 4.79 Å². The van der Waals surface area contributed by atoms with Crippen molar-refractivity contribution in [3.05, 3.63) is 12.3 Å². The summed E-state index contributed by atoms with van der Waals surface area (Å²) in [5.41, 5.74) is 0. The maximum atomic E-state index is 11.3. The fourth-order valence-electron chi connectivity index (χ4n) is 1.95. The zero-order valence-corrected chi connectivity index (χ0v) is 8.19. The van der Waals surface area contributed by atoms with E-state index in [0.29, 0.717) is 12.5 Å². The van der Waals surface area contributed by atoms with Crippen LogP contribution in [0.15, 0.2) is 17.3 Å². The molecule has 0 amide bonds. The Morgan fingerprint density at radius 3 is 3.36 bits per heavy atom. The van der Waals surface area contributed by atoms with Crippen LogP contribution in [0.4, 0.5) is 0 Å². The van der Waals surface area contributed by atoms with E-state index >= 15 is 0 Å². The number of hydrogen-bond donors (Lipinski definition) is 1. The summed E-state index contributed by atoms with van der Waals surface area (Å²) in [6.07, 6.45) is 5.80. The Labute approximate surface area is 83.0 Å². The van der Waals surface area contributed by atoms with Crippen molar-refractivity contribution in [2.24, 2.45) is 16.8 Å². The summed E-state index contributed by atoms with van der Waals surface area (Å²) >= 11 is 0. The Morgan fingerprint density at radius 1 is 1.71 bits per heavy atom. The molecule has 2 unspecified atom stereocenters. The van der Waals surface area contributed by atoms with Crippen LogP contribution in [0.3, 0.4) is 0 Å². The van der Waals surface area contributed by atoms with E-state index in [-0.39, 0.29) is 11.9 Å². The minimum Gasteiger partial charge on any atom is -0.469 e. The standard InChI is InChI=1S/C10H14N2O2/c1-14-10(13)8-5-7-3-2-4-11-9(7)12-6-8/h2,4,7-8H,3,5-6H2,1H3,(H,11,12). The smallest absolute Gasteiger partial charge is 0.310 e. The van der Waals surface area contributed by atoms with Crippen LogP contribution in [-0.4, -0.2) is 25.5 Å². The Morgan fingerprint density at radius 2 is 2.57 bits per heavy atom. The first-order chi connectivity index (χ1) is 6.81. The first kappa shape index (κ1) is 9.24. The SMILES string of the molecule is COC(=O)C1CN=C2NC=CCC2C1. The van der Waals surface area contributed by atoms with Crippen LogP contribution < -0.4 is 5.32 Å². The Balaban J connectivity index is 2.06. The monoisotopic (exact) mass is 194 g/mol. The van der Waals surface area contributed by atoms with Gasteiger partial charge in [-0.15, -0.1) is 0 Å². The van der Waals surface area contributed by atoms with Gasteiger partial charge in [-0.3, -0.25) is 9.79 Å². The molecule has 0 bridgehead atoms. The summed E-state index contributed by atoms with van der Waals surface area (Å²) in [5, 5.41) is 3.12. The molecule has 0 aromatic heterocycles. The molecule has 0 spiro atoms. The number of rotatable bonds is 1. The molecule has 0 radical (unpaired) electrons. The van der Waals surface area contributed by atoms with Gasteiger partial charge in [0.25, 0.3) is 0 Å². The lowest BCUT2D eigenvalue weighted by atomic mass is 9.87. The van der Waals surface area contributed by atoms with Gasteiger partial charge in [-0.05, 0) is 19.0 Å². The molecule has 2 aliphatic heterocycles. The first-order valence-electron chi connectivity index (χ1n) is 4.85. The minimum absolute atomic E-state index is 0.0537. The van der Waals surface area contributed by atoms with Crippen molar-refractivity contribution in [2.75, 3.05) is 13.7 Å². The molecule has 0 aliphatic carbocycles. The third kappa shape index (κ3) is 1.64. The number of carbonyl (C=O) groups is 1. The van der Waals surface area contributed by atoms with E-state index in [0.717, 1.165) is 18.7 Å². The number of fused-ring (bicyclic) bond motifs is 1. The Hall–Kier alpha value is -1.32. The summed E-state index contributed by atoms with van der Waals surface area (Å²) in [6.45, 7) is 0.555. The van der Waals surface area contributed by atoms with Gasteiger partial charge in [0.15, 0.2) is 0 Å². The lowest BCUT2D eigenvalue weighted by molar-refractivity contribution is -0.145. The molecule has 4 heteroatoms. The van der Waals surface area contributed by atoms with Crippen LogP contribution in [0.5, 0.6) is 0 Å². The molecule has 2 atom stereocenters. The van der Waals surface area contributed by atoms with Crippen molar-refractivity contribution < 1.29 is 9.53 Å². The predicted molar refractivity (Wildman–Crippen MR) is 52.8 cm³/mol. The summed E-state index contributed by atoms with van der Waals surface area (Å²) in [5.74, 6) is 1.20. The Bertz CT molecular complexity index is 296. The van der Waals surface area contributed by atoms with Gasteiger partial charge < -0.3 is 10.1 Å². The normalized spacial score (nSPS) is 29.9. The molecule has 0 aromatic carbocycles. The van der Waals surface area contributed by atoms with Crippen LogP contribution in [0.25, 0.3) is 0 Å². The van der Waals surface area contributed by atoms with Crippen molar-refractivity contribution >= 4 is 11.8 Å². The zero-order chi connectivity index (χ0) is 9.97. The highest BCUT2D eigenvalue weighted by atomic mass is 16.5. The number of allylic oxidation sites excluding steroid dienone is 1. The van der Waals surface area contributed by atoms with Crippen LogP contribution in [0.2, 0.25) is 0 Å². The van der Waals surface area contributed by atoms with Crippen LogP contribution in [0.1, 0.15) is 12.8 Å². The van der Waals surface area contributed by atoms with Gasteiger partial charge in [-0.25, -0.2) is 0 Å². The van der Waals surface area contributed by atoms with Gasteiger partial charge in [-0.2, -0.15) is 0 Å². The summed E-state index contributed by atoms with van der Waals surface area (Å²) in [6, 6.07) is 0. The van der Waals surface area contributed by atoms with Crippen LogP contribution in [0, 0.1) is 11.8 Å². The lowest BCUT2D eigenvalue weighted by Gasteiger charge is -2.28. The van der Waals surface area contributed by atoms with Crippen molar-refractivity contribution in [2.45, 2.75) is 12.8 Å². The highest BCUT2D eigenvalue weighted by Crippen LogP contribution is 2.25. The molecule has 0 saturated carbocycles. The predicted octanol–water partition coefficient (Wildman–Crippen LogP) is 0.701. The van der Waals surface area contributed by atoms with E-state index in [1.54, 1.807) is 0 Å². The molecular formula is C10H14N2O2. The average molecular weight is 194 g/mol. The van der Waals surface area contributed by atoms with Crippen molar-refractivity contribution in [1.82, 2.24) is 5.32 Å². The molecule has 2 heterocycles. The molecule has 0 aromatic rings. The topological polar surface area (TPSA) is 50.7 Å². The van der Waals surface area contributed by atoms with Gasteiger partial charge in [0.05, 0.1) is 19.6 Å². The highest BCUT2D eigenvalue weighted by molar-refractivity contribution is 5.88. The van der Waals surface area contributed by atoms with Gasteiger partial charge in [0.1, 0.15) is 5.84 Å². The van der Waals surface area contributed by atoms with Crippen molar-refractivity contribution in [3.63, 3.8) is 0 Å². The van der Waals surface area contributed by atoms with Crippen LogP contribution >= 0.6 is 0 Å². The number of esters is 1. The Kier molecular flexibility index (Phi) is 2.52. The van der Waals surface area contributed by atoms with Crippen molar-refractivity contribution in [1.29, 1.82) is 0 Å². The van der Waals surface area contributed by atoms with Gasteiger partial charge in [-0.1, -0.05) is 6.08 Å². The van der Waals surface area contributed by atoms with E-state index in [4.69, 9.17) is 4.74 Å². The number of amidine groups is 1. The number of ether oxygens (including phenoxy) is 1. The minimum atomic E-state index is -0.137. The summed E-state index contributed by atoms with van der Waals surface area (Å²) < 4.78 is 4.72. The van der Waals surface area contributed by atoms with E-state index in [1.165, 1.54) is 7.11 Å². The number of aliphatic imine (C=N–C) groups is 1. The third-order valence-electron chi connectivity index (χ3n) is 2.74. The maximum absolute atomic E-state index is 11.3. The van der Waals surface area contributed by atoms with E-state index in [2.05, 4.69) is 16.4 Å². The molecule has 76 valence electrons. The molecular weight excluding hydrogens is 180 g/mol. The zero-order valence-electron chi connectivity index (χ0n) is 8.19. The van der Waals surface area contributed by atoms with Gasteiger partial charge in [0, 0.05) is 5.92 Å². The summed E-state index contributed by atoms with van der Waals surface area (Å²) in [7, 11) is 1.43. The molecule has 0 fully saturated rings. The lowest BCUT2D eigenvalue weighted by Crippen LogP contribution is -2.38. The van der Waals surface area contributed by atoms with Gasteiger partial charge in [0.2, 0.25) is 0 Å². The molecule has 2 aliphatic rings. The second-order valence-corrected chi connectivity index (χ2v) is 3.66. The third-order valence-corrected chi connectivity index (χ3v) is 2.74. The van der Waals surface area contributed by atoms with Crippen molar-refractivity contribution in [3.8, 4) is 0 Å². The molecule has 1 N–H and O–H groups in total. The molecule has 4 nitrogen and oxygen atoms in total. The summed E-state index contributed by atoms with van der Waals surface area (Å²) in [4.78, 5) is 15.7. The number of nitrogens with zero attached hydrogens (tertiary/aromatic N) is 1. The molecule has 14 heavy (non-hydrogen) atoms. The fraction of sp³-hybridized carbons (Fsp3) is 0.600. The number of hydrogen-bond acceptors (Lipinski definition) is 4. The largest absolute Gasteiger partial charge is 0.469 e. The second kappa shape index (κ2) is 3.82. The second-order valence-electron chi connectivity index (χ2n) is 3.66.